The summed E-state index contributed by atoms with van der Waals surface area (Å²) in [5, 5.41) is 12.3. The zero-order chi connectivity index (χ0) is 12.4. The van der Waals surface area contributed by atoms with Gasteiger partial charge in [-0.1, -0.05) is 17.4 Å². The van der Waals surface area contributed by atoms with E-state index in [2.05, 4.69) is 27.6 Å². The van der Waals surface area contributed by atoms with Crippen molar-refractivity contribution in [1.82, 2.24) is 10.2 Å². The second kappa shape index (κ2) is 4.94. The lowest BCUT2D eigenvalue weighted by atomic mass is 9.87. The molecule has 1 atom stereocenters. The van der Waals surface area contributed by atoms with Crippen LogP contribution in [0.25, 0.3) is 0 Å². The molecule has 1 heterocycles. The van der Waals surface area contributed by atoms with E-state index >= 15 is 0 Å². The molecular weight excluding hydrogens is 246 g/mol. The Morgan fingerprint density at radius 1 is 1.44 bits per heavy atom. The number of fused-ring (bicyclic) bond motifs is 1. The molecule has 0 spiro atoms. The van der Waals surface area contributed by atoms with Crippen LogP contribution in [0, 0.1) is 0 Å². The van der Waals surface area contributed by atoms with Gasteiger partial charge in [-0.25, -0.2) is 0 Å². The molecule has 94 valence electrons. The lowest BCUT2D eigenvalue weighted by molar-refractivity contribution is 0.413. The highest BCUT2D eigenvalue weighted by molar-refractivity contribution is 7.13. The highest BCUT2D eigenvalue weighted by Gasteiger charge is 2.21. The van der Waals surface area contributed by atoms with Crippen LogP contribution in [0.3, 0.4) is 0 Å². The molecule has 0 bridgehead atoms. The van der Waals surface area contributed by atoms with Crippen LogP contribution < -0.4 is 10.1 Å². The molecule has 1 aromatic carbocycles. The van der Waals surface area contributed by atoms with Gasteiger partial charge in [-0.05, 0) is 42.5 Å². The van der Waals surface area contributed by atoms with Crippen molar-refractivity contribution in [3.63, 3.8) is 0 Å². The van der Waals surface area contributed by atoms with Crippen molar-refractivity contribution in [2.24, 2.45) is 0 Å². The van der Waals surface area contributed by atoms with Crippen molar-refractivity contribution in [3.05, 3.63) is 34.8 Å². The van der Waals surface area contributed by atoms with E-state index in [4.69, 9.17) is 4.74 Å². The molecule has 1 aliphatic rings. The summed E-state index contributed by atoms with van der Waals surface area (Å²) in [6.45, 7) is 0. The van der Waals surface area contributed by atoms with Gasteiger partial charge in [0.15, 0.2) is 0 Å². The van der Waals surface area contributed by atoms with Crippen LogP contribution in [0.15, 0.2) is 23.7 Å². The number of aromatic nitrogens is 2. The number of nitrogens with zero attached hydrogens (tertiary/aromatic N) is 2. The van der Waals surface area contributed by atoms with E-state index in [9.17, 15) is 0 Å². The molecule has 0 saturated carbocycles. The molecular formula is C13H15N3OS. The smallest absolute Gasteiger partial charge is 0.205 e. The number of ether oxygens (including phenoxy) is 1. The lowest BCUT2D eigenvalue weighted by Gasteiger charge is -2.26. The molecule has 0 amide bonds. The van der Waals surface area contributed by atoms with E-state index in [1.54, 1.807) is 24.0 Å². The summed E-state index contributed by atoms with van der Waals surface area (Å²) in [5.41, 5.74) is 4.49. The van der Waals surface area contributed by atoms with Crippen LogP contribution in [0.4, 0.5) is 5.13 Å². The van der Waals surface area contributed by atoms with Gasteiger partial charge in [0.2, 0.25) is 5.13 Å². The van der Waals surface area contributed by atoms with E-state index in [1.807, 2.05) is 6.07 Å². The van der Waals surface area contributed by atoms with Crippen LogP contribution in [-0.4, -0.2) is 17.3 Å². The Morgan fingerprint density at radius 3 is 3.17 bits per heavy atom. The minimum Gasteiger partial charge on any atom is -0.497 e. The molecule has 0 radical (unpaired) electrons. The largest absolute Gasteiger partial charge is 0.497 e. The zero-order valence-electron chi connectivity index (χ0n) is 10.2. The molecule has 1 unspecified atom stereocenters. The van der Waals surface area contributed by atoms with Crippen molar-refractivity contribution in [3.8, 4) is 5.75 Å². The molecule has 1 N–H and O–H groups in total. The number of anilines is 1. The number of rotatable bonds is 3. The average molecular weight is 261 g/mol. The lowest BCUT2D eigenvalue weighted by Crippen LogP contribution is -2.17. The van der Waals surface area contributed by atoms with E-state index < -0.39 is 0 Å². The Morgan fingerprint density at radius 2 is 2.39 bits per heavy atom. The summed E-state index contributed by atoms with van der Waals surface area (Å²) in [4.78, 5) is 0. The highest BCUT2D eigenvalue weighted by atomic mass is 32.1. The van der Waals surface area contributed by atoms with Gasteiger partial charge in [0.25, 0.3) is 0 Å². The van der Waals surface area contributed by atoms with E-state index in [0.29, 0.717) is 6.04 Å². The molecule has 5 heteroatoms. The second-order valence-electron chi connectivity index (χ2n) is 4.40. The molecule has 0 saturated heterocycles. The van der Waals surface area contributed by atoms with Crippen molar-refractivity contribution in [2.45, 2.75) is 25.3 Å². The molecule has 4 nitrogen and oxygen atoms in total. The highest BCUT2D eigenvalue weighted by Crippen LogP contribution is 2.34. The maximum atomic E-state index is 5.28. The van der Waals surface area contributed by atoms with Gasteiger partial charge in [0, 0.05) is 0 Å². The first-order valence-corrected chi connectivity index (χ1v) is 6.94. The summed E-state index contributed by atoms with van der Waals surface area (Å²) in [5.74, 6) is 0.935. The number of aryl methyl sites for hydroxylation is 1. The summed E-state index contributed by atoms with van der Waals surface area (Å²) in [6.07, 6.45) is 3.45. The predicted molar refractivity (Wildman–Crippen MR) is 72.2 cm³/mol. The SMILES string of the molecule is COc1ccc2c(c1)CCCC2Nc1nncs1. The van der Waals surface area contributed by atoms with Gasteiger partial charge in [-0.15, -0.1) is 10.2 Å². The van der Waals surface area contributed by atoms with E-state index in [-0.39, 0.29) is 0 Å². The normalized spacial score (nSPS) is 18.2. The minimum atomic E-state index is 0.340. The first-order valence-electron chi connectivity index (χ1n) is 6.06. The third-order valence-electron chi connectivity index (χ3n) is 3.32. The third-order valence-corrected chi connectivity index (χ3v) is 3.94. The topological polar surface area (TPSA) is 47.0 Å². The van der Waals surface area contributed by atoms with E-state index in [0.717, 1.165) is 23.7 Å². The number of hydrogen-bond donors (Lipinski definition) is 1. The predicted octanol–water partition coefficient (Wildman–Crippen LogP) is 3.04. The van der Waals surface area contributed by atoms with Gasteiger partial charge in [-0.2, -0.15) is 0 Å². The van der Waals surface area contributed by atoms with Crippen LogP contribution in [0.2, 0.25) is 0 Å². The Bertz CT molecular complexity index is 527. The van der Waals surface area contributed by atoms with Crippen molar-refractivity contribution in [1.29, 1.82) is 0 Å². The molecule has 0 aliphatic heterocycles. The molecule has 1 aromatic heterocycles. The van der Waals surface area contributed by atoms with E-state index in [1.165, 1.54) is 17.5 Å². The molecule has 2 aromatic rings. The van der Waals surface area contributed by atoms with Gasteiger partial charge in [0.05, 0.1) is 13.2 Å². The van der Waals surface area contributed by atoms with Crippen molar-refractivity contribution < 1.29 is 4.74 Å². The number of benzene rings is 1. The second-order valence-corrected chi connectivity index (χ2v) is 5.23. The average Bonchev–Trinajstić information content (AvgIpc) is 2.91. The monoisotopic (exact) mass is 261 g/mol. The van der Waals surface area contributed by atoms with Crippen LogP contribution in [-0.2, 0) is 6.42 Å². The number of hydrogen-bond acceptors (Lipinski definition) is 5. The standard InChI is InChI=1S/C13H15N3OS/c1-17-10-5-6-11-9(7-10)3-2-4-12(11)15-13-16-14-8-18-13/h5-8,12H,2-4H2,1H3,(H,15,16). The minimum absolute atomic E-state index is 0.340. The summed E-state index contributed by atoms with van der Waals surface area (Å²) in [6, 6.07) is 6.67. The molecule has 3 rings (SSSR count). The Hall–Kier alpha value is -1.62. The van der Waals surface area contributed by atoms with Crippen molar-refractivity contribution >= 4 is 16.5 Å². The molecule has 0 fully saturated rings. The first kappa shape index (κ1) is 11.5. The quantitative estimate of drug-likeness (QED) is 0.922. The van der Waals surface area contributed by atoms with Gasteiger partial charge in [0.1, 0.15) is 11.3 Å². The van der Waals surface area contributed by atoms with Crippen LogP contribution in [0.5, 0.6) is 5.75 Å². The summed E-state index contributed by atoms with van der Waals surface area (Å²) >= 11 is 1.54. The Labute approximate surface area is 110 Å². The molecule has 18 heavy (non-hydrogen) atoms. The van der Waals surface area contributed by atoms with Crippen molar-refractivity contribution in [2.75, 3.05) is 12.4 Å². The molecule has 1 aliphatic carbocycles. The summed E-state index contributed by atoms with van der Waals surface area (Å²) < 4.78 is 5.28. The maximum absolute atomic E-state index is 5.28. The van der Waals surface area contributed by atoms with Gasteiger partial charge < -0.3 is 10.1 Å². The fraction of sp³-hybridized carbons (Fsp3) is 0.385. The maximum Gasteiger partial charge on any atom is 0.205 e. The third kappa shape index (κ3) is 2.18. The fourth-order valence-corrected chi connectivity index (χ4v) is 2.95. The first-order chi connectivity index (χ1) is 8.86. The van der Waals surface area contributed by atoms with Gasteiger partial charge >= 0.3 is 0 Å². The zero-order valence-corrected chi connectivity index (χ0v) is 11.0. The number of methoxy groups -OCH3 is 1. The Balaban J connectivity index is 1.87. The van der Waals surface area contributed by atoms with Crippen LogP contribution >= 0.6 is 11.3 Å². The Kier molecular flexibility index (Phi) is 3.15. The summed E-state index contributed by atoms with van der Waals surface area (Å²) in [7, 11) is 1.71. The van der Waals surface area contributed by atoms with Gasteiger partial charge in [-0.3, -0.25) is 0 Å². The van der Waals surface area contributed by atoms with Crippen LogP contribution in [0.1, 0.15) is 30.0 Å². The fourth-order valence-electron chi connectivity index (χ4n) is 2.45. The number of nitrogens with one attached hydrogen (secondary N) is 1.